The highest BCUT2D eigenvalue weighted by atomic mass is 15.1. The van der Waals surface area contributed by atoms with Gasteiger partial charge >= 0.3 is 0 Å². The van der Waals surface area contributed by atoms with Gasteiger partial charge in [0.05, 0.1) is 27.8 Å². The first kappa shape index (κ1) is 37.6. The Morgan fingerprint density at radius 3 is 1.55 bits per heavy atom. The van der Waals surface area contributed by atoms with E-state index in [1.54, 1.807) is 0 Å². The van der Waals surface area contributed by atoms with Crippen molar-refractivity contribution in [1.29, 1.82) is 0 Å². The minimum Gasteiger partial charge on any atom is -0.309 e. The SMILES string of the molecule is c1ccc(-c2ccc(N(c3cccc4c3-c3ccccc3C43c4ccccc4-c4ccccc43)c3ccc(-c4cccc5c4c4ccccc4n5-c4ccccc4)c4ccccc34)cc2)cc1. The molecule has 2 heteroatoms. The maximum Gasteiger partial charge on any atom is 0.0726 e. The van der Waals surface area contributed by atoms with E-state index in [0.29, 0.717) is 0 Å². The first-order chi connectivity index (χ1) is 33.3. The summed E-state index contributed by atoms with van der Waals surface area (Å²) in [6.07, 6.45) is 0. The maximum absolute atomic E-state index is 2.53. The second kappa shape index (κ2) is 14.7. The average molecular weight is 851 g/mol. The van der Waals surface area contributed by atoms with Crippen molar-refractivity contribution in [2.45, 2.75) is 5.41 Å². The van der Waals surface area contributed by atoms with Gasteiger partial charge in [-0.15, -0.1) is 0 Å². The van der Waals surface area contributed by atoms with E-state index < -0.39 is 5.41 Å². The third-order valence-corrected chi connectivity index (χ3v) is 14.6. The summed E-state index contributed by atoms with van der Waals surface area (Å²) in [6, 6.07) is 94.3. The molecule has 0 saturated heterocycles. The normalized spacial score (nSPS) is 12.9. The summed E-state index contributed by atoms with van der Waals surface area (Å²) >= 11 is 0. The quantitative estimate of drug-likeness (QED) is 0.162. The van der Waals surface area contributed by atoms with Gasteiger partial charge in [-0.3, -0.25) is 0 Å². The average Bonchev–Trinajstić information content (AvgIpc) is 4.02. The second-order valence-electron chi connectivity index (χ2n) is 17.9. The lowest BCUT2D eigenvalue weighted by atomic mass is 9.70. The molecule has 0 aliphatic heterocycles. The van der Waals surface area contributed by atoms with Crippen molar-refractivity contribution in [3.8, 4) is 50.2 Å². The predicted molar refractivity (Wildman–Crippen MR) is 280 cm³/mol. The molecule has 0 fully saturated rings. The third-order valence-electron chi connectivity index (χ3n) is 14.6. The molecule has 12 aromatic rings. The van der Waals surface area contributed by atoms with E-state index in [4.69, 9.17) is 0 Å². The third kappa shape index (κ3) is 5.33. The Hall–Kier alpha value is -8.72. The summed E-state index contributed by atoms with van der Waals surface area (Å²) in [4.78, 5) is 2.53. The van der Waals surface area contributed by atoms with Crippen molar-refractivity contribution >= 4 is 49.6 Å². The zero-order valence-electron chi connectivity index (χ0n) is 36.6. The second-order valence-corrected chi connectivity index (χ2v) is 17.9. The molecule has 0 saturated carbocycles. The number of rotatable bonds is 6. The molecule has 2 nitrogen and oxygen atoms in total. The number of hydrogen-bond donors (Lipinski definition) is 0. The van der Waals surface area contributed by atoms with Crippen LogP contribution in [0.1, 0.15) is 22.3 Å². The summed E-state index contributed by atoms with van der Waals surface area (Å²) in [6.45, 7) is 0. The molecular weight excluding hydrogens is 809 g/mol. The monoisotopic (exact) mass is 850 g/mol. The smallest absolute Gasteiger partial charge is 0.0726 e. The summed E-state index contributed by atoms with van der Waals surface area (Å²) < 4.78 is 2.41. The van der Waals surface area contributed by atoms with E-state index in [1.807, 2.05) is 0 Å². The molecule has 1 aromatic heterocycles. The van der Waals surface area contributed by atoms with Crippen molar-refractivity contribution in [1.82, 2.24) is 4.57 Å². The maximum atomic E-state index is 2.53. The van der Waals surface area contributed by atoms with Crippen LogP contribution in [0, 0.1) is 0 Å². The van der Waals surface area contributed by atoms with Crippen LogP contribution in [0.2, 0.25) is 0 Å². The summed E-state index contributed by atoms with van der Waals surface area (Å²) in [5.41, 5.74) is 21.8. The highest BCUT2D eigenvalue weighted by Crippen LogP contribution is 2.65. The predicted octanol–water partition coefficient (Wildman–Crippen LogP) is 17.1. The molecule has 14 rings (SSSR count). The van der Waals surface area contributed by atoms with Crippen molar-refractivity contribution in [2.24, 2.45) is 0 Å². The number of aromatic nitrogens is 1. The van der Waals surface area contributed by atoms with Crippen molar-refractivity contribution in [2.75, 3.05) is 4.90 Å². The van der Waals surface area contributed by atoms with E-state index in [1.165, 1.54) is 99.3 Å². The molecule has 0 radical (unpaired) electrons. The number of hydrogen-bond acceptors (Lipinski definition) is 1. The molecule has 0 amide bonds. The molecule has 1 heterocycles. The fourth-order valence-electron chi connectivity index (χ4n) is 12.0. The van der Waals surface area contributed by atoms with Gasteiger partial charge in [0.25, 0.3) is 0 Å². The zero-order chi connectivity index (χ0) is 44.1. The Morgan fingerprint density at radius 2 is 0.821 bits per heavy atom. The Balaban J connectivity index is 1.04. The molecular formula is C65H42N2. The van der Waals surface area contributed by atoms with Gasteiger partial charge in [0, 0.05) is 33.1 Å². The number of nitrogens with zero attached hydrogens (tertiary/aromatic N) is 2. The molecule has 11 aromatic carbocycles. The van der Waals surface area contributed by atoms with Crippen molar-refractivity contribution < 1.29 is 0 Å². The van der Waals surface area contributed by atoms with Gasteiger partial charge in [-0.1, -0.05) is 206 Å². The molecule has 2 aliphatic carbocycles. The van der Waals surface area contributed by atoms with Crippen molar-refractivity contribution in [3.05, 3.63) is 277 Å². The Labute approximate surface area is 389 Å². The van der Waals surface area contributed by atoms with E-state index in [-0.39, 0.29) is 0 Å². The lowest BCUT2D eigenvalue weighted by molar-refractivity contribution is 0.794. The topological polar surface area (TPSA) is 8.17 Å². The molecule has 312 valence electrons. The van der Waals surface area contributed by atoms with Crippen LogP contribution in [0.25, 0.3) is 82.8 Å². The Kier molecular flexibility index (Phi) is 8.23. The molecule has 0 N–H and O–H groups in total. The fourth-order valence-corrected chi connectivity index (χ4v) is 12.0. The lowest BCUT2D eigenvalue weighted by Gasteiger charge is -2.32. The minimum atomic E-state index is -0.457. The van der Waals surface area contributed by atoms with Crippen LogP contribution in [0.3, 0.4) is 0 Å². The van der Waals surface area contributed by atoms with Crippen LogP contribution < -0.4 is 4.90 Å². The van der Waals surface area contributed by atoms with E-state index in [9.17, 15) is 0 Å². The molecule has 0 bridgehead atoms. The van der Waals surface area contributed by atoms with E-state index >= 15 is 0 Å². The van der Waals surface area contributed by atoms with Gasteiger partial charge in [-0.2, -0.15) is 0 Å². The van der Waals surface area contributed by atoms with Gasteiger partial charge in [-0.25, -0.2) is 0 Å². The molecule has 1 spiro atoms. The van der Waals surface area contributed by atoms with Gasteiger partial charge in [0.2, 0.25) is 0 Å². The number of fused-ring (bicyclic) bond motifs is 14. The zero-order valence-corrected chi connectivity index (χ0v) is 36.6. The Morgan fingerprint density at radius 1 is 0.299 bits per heavy atom. The van der Waals surface area contributed by atoms with Crippen LogP contribution in [0.5, 0.6) is 0 Å². The van der Waals surface area contributed by atoms with Crippen LogP contribution in [0.15, 0.2) is 255 Å². The molecule has 2 aliphatic rings. The molecule has 0 atom stereocenters. The van der Waals surface area contributed by atoms with Crippen molar-refractivity contribution in [3.63, 3.8) is 0 Å². The van der Waals surface area contributed by atoms with E-state index in [2.05, 4.69) is 264 Å². The summed E-state index contributed by atoms with van der Waals surface area (Å²) in [5, 5.41) is 4.89. The lowest BCUT2D eigenvalue weighted by Crippen LogP contribution is -2.26. The van der Waals surface area contributed by atoms with E-state index in [0.717, 1.165) is 22.7 Å². The first-order valence-electron chi connectivity index (χ1n) is 23.3. The molecule has 67 heavy (non-hydrogen) atoms. The highest BCUT2D eigenvalue weighted by Gasteiger charge is 2.52. The number of anilines is 3. The van der Waals surface area contributed by atoms with Gasteiger partial charge in [0.15, 0.2) is 0 Å². The fraction of sp³-hybridized carbons (Fsp3) is 0.0154. The number of para-hydroxylation sites is 2. The summed E-state index contributed by atoms with van der Waals surface area (Å²) in [5.74, 6) is 0. The van der Waals surface area contributed by atoms with Crippen LogP contribution in [-0.2, 0) is 5.41 Å². The first-order valence-corrected chi connectivity index (χ1v) is 23.3. The largest absolute Gasteiger partial charge is 0.309 e. The standard InChI is InChI=1S/C65H42N2/c1-3-19-43(20-4-1)44-37-39-46(40-38-44)67(62-36-18-33-58-64(62)53-27-11-15-32-57(53)65(58)55-30-13-9-24-49(55)50-25-10-14-31-56(50)65)60-42-41-48(47-23-7-8-26-51(47)60)52-29-17-35-61-63(52)54-28-12-16-34-59(54)66(61)45-21-5-2-6-22-45/h1-42H. The van der Waals surface area contributed by atoms with Gasteiger partial charge < -0.3 is 9.47 Å². The van der Waals surface area contributed by atoms with Crippen LogP contribution in [0.4, 0.5) is 17.1 Å². The van der Waals surface area contributed by atoms with Gasteiger partial charge in [0.1, 0.15) is 0 Å². The number of benzene rings is 11. The van der Waals surface area contributed by atoms with Crippen LogP contribution in [-0.4, -0.2) is 4.57 Å². The highest BCUT2D eigenvalue weighted by molar-refractivity contribution is 6.19. The van der Waals surface area contributed by atoms with Gasteiger partial charge in [-0.05, 0) is 115 Å². The summed E-state index contributed by atoms with van der Waals surface area (Å²) in [7, 11) is 0. The minimum absolute atomic E-state index is 0.457. The molecule has 0 unspecified atom stereocenters. The Bertz CT molecular complexity index is 3870. The van der Waals surface area contributed by atoms with Crippen LogP contribution >= 0.6 is 0 Å².